The minimum Gasteiger partial charge on any atom is -0.397 e. The van der Waals surface area contributed by atoms with Crippen LogP contribution in [0.25, 0.3) is 17.3 Å². The highest BCUT2D eigenvalue weighted by molar-refractivity contribution is 5.63. The summed E-state index contributed by atoms with van der Waals surface area (Å²) in [5.74, 6) is 0.858. The molecule has 37 heavy (non-hydrogen) atoms. The van der Waals surface area contributed by atoms with E-state index < -0.39 is 0 Å². The highest BCUT2D eigenvalue weighted by atomic mass is 14.9. The van der Waals surface area contributed by atoms with Crippen LogP contribution in [0.4, 0.5) is 5.69 Å². The van der Waals surface area contributed by atoms with E-state index in [0.29, 0.717) is 12.1 Å². The number of aryl methyl sites for hydroxylation is 1. The van der Waals surface area contributed by atoms with E-state index in [2.05, 4.69) is 62.9 Å². The number of pyridine rings is 2. The number of nitrogens with one attached hydrogen (secondary N) is 2. The van der Waals surface area contributed by atoms with Gasteiger partial charge in [-0.05, 0) is 41.8 Å². The highest BCUT2D eigenvalue weighted by Gasteiger charge is 2.10. The molecule has 1 aromatic carbocycles. The lowest BCUT2D eigenvalue weighted by Crippen LogP contribution is -2.12. The number of nitrogens with zero attached hydrogens (tertiary/aromatic N) is 3. The van der Waals surface area contributed by atoms with Crippen molar-refractivity contribution >= 4 is 11.8 Å². The zero-order chi connectivity index (χ0) is 27.0. The number of allylic oxidation sites excluding steroid dienone is 2. The van der Waals surface area contributed by atoms with Crippen LogP contribution in [0.15, 0.2) is 79.8 Å². The molecule has 0 saturated heterocycles. The van der Waals surface area contributed by atoms with Gasteiger partial charge in [0.2, 0.25) is 0 Å². The van der Waals surface area contributed by atoms with Gasteiger partial charge in [0.05, 0.1) is 23.3 Å². The van der Waals surface area contributed by atoms with E-state index in [4.69, 9.17) is 5.73 Å². The normalized spacial score (nSPS) is 10.2. The number of anilines is 1. The standard InChI is InChI=1S/C27H28N6.C2H6.C2H2/c1-3-4-10-25-19(2)32-27(33-25)13-22-12-26(31-18-24(22)28)23-11-21(16-30-17-23)15-29-14-20-8-6-5-7-9-20;2*1-2/h3-12,16-18,29H,1,13-15,28H2,2H3,(H,32,33);1-2H3;1-2H/b10-4-;;. The molecule has 0 fully saturated rings. The van der Waals surface area contributed by atoms with E-state index >= 15 is 0 Å². The Bertz CT molecular complexity index is 1300. The maximum absolute atomic E-state index is 6.23. The number of terminal acetylenes is 1. The van der Waals surface area contributed by atoms with Gasteiger partial charge in [0.1, 0.15) is 5.82 Å². The molecule has 6 heteroatoms. The number of hydrogen-bond donors (Lipinski definition) is 3. The minimum absolute atomic E-state index is 0.593. The van der Waals surface area contributed by atoms with Crippen LogP contribution in [0, 0.1) is 19.8 Å². The fourth-order valence-electron chi connectivity index (χ4n) is 3.61. The van der Waals surface area contributed by atoms with Crippen LogP contribution < -0.4 is 11.1 Å². The number of H-pyrrole nitrogens is 1. The molecule has 4 aromatic rings. The lowest BCUT2D eigenvalue weighted by molar-refractivity contribution is 0.691. The number of aromatic nitrogens is 4. The number of rotatable bonds is 9. The summed E-state index contributed by atoms with van der Waals surface area (Å²) in [5, 5.41) is 3.47. The Labute approximate surface area is 220 Å². The molecule has 0 amide bonds. The fourth-order valence-corrected chi connectivity index (χ4v) is 3.61. The number of imidazole rings is 1. The maximum Gasteiger partial charge on any atom is 0.111 e. The third-order valence-electron chi connectivity index (χ3n) is 5.34. The van der Waals surface area contributed by atoms with Crippen molar-refractivity contribution in [3.05, 3.63) is 114 Å². The maximum atomic E-state index is 6.23. The largest absolute Gasteiger partial charge is 0.397 e. The van der Waals surface area contributed by atoms with Gasteiger partial charge in [0, 0.05) is 43.2 Å². The molecule has 4 N–H and O–H groups in total. The molecule has 3 aromatic heterocycles. The predicted molar refractivity (Wildman–Crippen MR) is 155 cm³/mol. The van der Waals surface area contributed by atoms with Gasteiger partial charge in [-0.2, -0.15) is 0 Å². The van der Waals surface area contributed by atoms with Gasteiger partial charge in [0.25, 0.3) is 0 Å². The smallest absolute Gasteiger partial charge is 0.111 e. The molecule has 4 rings (SSSR count). The molecule has 0 spiro atoms. The fraction of sp³-hybridized carbons (Fsp3) is 0.194. The lowest BCUT2D eigenvalue weighted by Gasteiger charge is -2.09. The van der Waals surface area contributed by atoms with Crippen LogP contribution in [0.2, 0.25) is 0 Å². The highest BCUT2D eigenvalue weighted by Crippen LogP contribution is 2.23. The molecule has 0 aliphatic carbocycles. The predicted octanol–water partition coefficient (Wildman–Crippen LogP) is 6.11. The van der Waals surface area contributed by atoms with E-state index in [9.17, 15) is 0 Å². The summed E-state index contributed by atoms with van der Waals surface area (Å²) in [6.07, 6.45) is 19.6. The third kappa shape index (κ3) is 8.60. The molecule has 0 bridgehead atoms. The summed E-state index contributed by atoms with van der Waals surface area (Å²) < 4.78 is 0. The first-order valence-corrected chi connectivity index (χ1v) is 12.2. The van der Waals surface area contributed by atoms with Crippen LogP contribution in [-0.4, -0.2) is 19.9 Å². The van der Waals surface area contributed by atoms with Crippen LogP contribution in [0.3, 0.4) is 0 Å². The summed E-state index contributed by atoms with van der Waals surface area (Å²) in [6, 6.07) is 14.5. The van der Waals surface area contributed by atoms with Crippen molar-refractivity contribution in [1.82, 2.24) is 25.3 Å². The van der Waals surface area contributed by atoms with Crippen molar-refractivity contribution in [2.24, 2.45) is 0 Å². The summed E-state index contributed by atoms with van der Waals surface area (Å²) >= 11 is 0. The molecule has 0 aliphatic heterocycles. The Morgan fingerprint density at radius 1 is 1.03 bits per heavy atom. The first-order chi connectivity index (χ1) is 18.1. The molecule has 0 unspecified atom stereocenters. The minimum atomic E-state index is 0.593. The second-order valence-corrected chi connectivity index (χ2v) is 7.90. The molecular formula is C31H36N6. The van der Waals surface area contributed by atoms with Crippen LogP contribution in [0.5, 0.6) is 0 Å². The Hall–Kier alpha value is -4.47. The molecule has 0 aliphatic rings. The molecule has 3 heterocycles. The molecule has 190 valence electrons. The van der Waals surface area contributed by atoms with E-state index in [1.54, 1.807) is 12.3 Å². The summed E-state index contributed by atoms with van der Waals surface area (Å²) in [6.45, 7) is 11.2. The monoisotopic (exact) mass is 492 g/mol. The van der Waals surface area contributed by atoms with Gasteiger partial charge in [-0.15, -0.1) is 12.8 Å². The van der Waals surface area contributed by atoms with Crippen LogP contribution in [0.1, 0.15) is 47.8 Å². The van der Waals surface area contributed by atoms with E-state index in [-0.39, 0.29) is 0 Å². The number of benzene rings is 1. The number of hydrogen-bond acceptors (Lipinski definition) is 5. The van der Waals surface area contributed by atoms with Gasteiger partial charge < -0.3 is 16.0 Å². The van der Waals surface area contributed by atoms with Gasteiger partial charge in [-0.3, -0.25) is 9.97 Å². The van der Waals surface area contributed by atoms with E-state index in [0.717, 1.165) is 52.7 Å². The quantitative estimate of drug-likeness (QED) is 0.194. The van der Waals surface area contributed by atoms with Gasteiger partial charge in [-0.1, -0.05) is 62.9 Å². The zero-order valence-electron chi connectivity index (χ0n) is 21.9. The second kappa shape index (κ2) is 15.5. The van der Waals surface area contributed by atoms with Crippen molar-refractivity contribution < 1.29 is 0 Å². The van der Waals surface area contributed by atoms with Crippen molar-refractivity contribution in [2.45, 2.75) is 40.3 Å². The first-order valence-electron chi connectivity index (χ1n) is 12.2. The molecule has 0 atom stereocenters. The Balaban J connectivity index is 0.00000115. The Kier molecular flexibility index (Phi) is 12.1. The van der Waals surface area contributed by atoms with Crippen molar-refractivity contribution in [1.29, 1.82) is 0 Å². The number of nitrogens with two attached hydrogens (primary N) is 1. The Morgan fingerprint density at radius 2 is 1.76 bits per heavy atom. The van der Waals surface area contributed by atoms with Crippen molar-refractivity contribution in [3.8, 4) is 24.1 Å². The van der Waals surface area contributed by atoms with Crippen molar-refractivity contribution in [2.75, 3.05) is 5.73 Å². The van der Waals surface area contributed by atoms with Crippen LogP contribution in [-0.2, 0) is 19.5 Å². The number of aromatic amines is 1. The SMILES string of the molecule is C#C.C=C/C=C\c1nc(Cc2cc(-c3cncc(CNCc4ccccc4)c3)ncc2N)[nH]c1C.CC. The third-order valence-corrected chi connectivity index (χ3v) is 5.34. The van der Waals surface area contributed by atoms with Crippen LogP contribution >= 0.6 is 0 Å². The average molecular weight is 493 g/mol. The first kappa shape index (κ1) is 28.8. The zero-order valence-corrected chi connectivity index (χ0v) is 21.9. The molecule has 0 radical (unpaired) electrons. The summed E-state index contributed by atoms with van der Waals surface area (Å²) in [5.41, 5.74) is 13.9. The van der Waals surface area contributed by atoms with E-state index in [1.807, 2.05) is 69.6 Å². The molecule has 0 saturated carbocycles. The van der Waals surface area contributed by atoms with Gasteiger partial charge in [-0.25, -0.2) is 4.98 Å². The molecular weight excluding hydrogens is 456 g/mol. The topological polar surface area (TPSA) is 92.5 Å². The van der Waals surface area contributed by atoms with Gasteiger partial charge in [0.15, 0.2) is 0 Å². The van der Waals surface area contributed by atoms with Gasteiger partial charge >= 0.3 is 0 Å². The molecule has 6 nitrogen and oxygen atoms in total. The number of nitrogen functional groups attached to an aromatic ring is 1. The summed E-state index contributed by atoms with van der Waals surface area (Å²) in [7, 11) is 0. The average Bonchev–Trinajstić information content (AvgIpc) is 3.30. The van der Waals surface area contributed by atoms with E-state index in [1.165, 1.54) is 5.56 Å². The lowest BCUT2D eigenvalue weighted by atomic mass is 10.1. The second-order valence-electron chi connectivity index (χ2n) is 7.90. The summed E-state index contributed by atoms with van der Waals surface area (Å²) in [4.78, 5) is 17.0. The van der Waals surface area contributed by atoms with Crippen molar-refractivity contribution in [3.63, 3.8) is 0 Å². The Morgan fingerprint density at radius 3 is 2.49 bits per heavy atom.